The second kappa shape index (κ2) is 6.29. The summed E-state index contributed by atoms with van der Waals surface area (Å²) in [6, 6.07) is 10.7. The minimum atomic E-state index is -0.336. The molecule has 2 amide bonds. The Labute approximate surface area is 150 Å². The molecule has 1 aliphatic rings. The molecular weight excluding hydrogens is 330 g/mol. The molecule has 6 heteroatoms. The molecule has 0 bridgehead atoms. The summed E-state index contributed by atoms with van der Waals surface area (Å²) in [5.74, 6) is -0.0238. The average molecular weight is 349 g/mol. The van der Waals surface area contributed by atoms with Crippen LogP contribution in [0.15, 0.2) is 53.2 Å². The number of amides is 2. The van der Waals surface area contributed by atoms with Gasteiger partial charge in [-0.1, -0.05) is 24.3 Å². The quantitative estimate of drug-likeness (QED) is 0.789. The molecule has 3 heterocycles. The van der Waals surface area contributed by atoms with Crippen molar-refractivity contribution in [1.82, 2.24) is 15.2 Å². The first-order valence-corrected chi connectivity index (χ1v) is 8.51. The molecule has 4 rings (SSSR count). The normalized spacial score (nSPS) is 19.9. The number of fused-ring (bicyclic) bond motifs is 1. The van der Waals surface area contributed by atoms with E-state index in [4.69, 9.17) is 4.42 Å². The van der Waals surface area contributed by atoms with Gasteiger partial charge in [-0.2, -0.15) is 0 Å². The van der Waals surface area contributed by atoms with Crippen molar-refractivity contribution < 1.29 is 14.0 Å². The summed E-state index contributed by atoms with van der Waals surface area (Å²) in [4.78, 5) is 30.9. The maximum Gasteiger partial charge on any atom is 0.287 e. The molecule has 0 unspecified atom stereocenters. The van der Waals surface area contributed by atoms with Gasteiger partial charge in [0, 0.05) is 36.8 Å². The summed E-state index contributed by atoms with van der Waals surface area (Å²) >= 11 is 0. The van der Waals surface area contributed by atoms with Gasteiger partial charge < -0.3 is 14.6 Å². The van der Waals surface area contributed by atoms with Gasteiger partial charge in [0.1, 0.15) is 5.58 Å². The number of hydrogen-bond acceptors (Lipinski definition) is 4. The number of rotatable bonds is 3. The predicted octanol–water partition coefficient (Wildman–Crippen LogP) is 2.84. The van der Waals surface area contributed by atoms with Crippen molar-refractivity contribution >= 4 is 22.8 Å². The van der Waals surface area contributed by atoms with Gasteiger partial charge in [-0.05, 0) is 24.6 Å². The minimum absolute atomic E-state index is 0.00881. The minimum Gasteiger partial charge on any atom is -0.451 e. The molecule has 3 aromatic rings. The third-order valence-corrected chi connectivity index (χ3v) is 4.98. The maximum absolute atomic E-state index is 12.8. The number of nitrogens with zero attached hydrogens (tertiary/aromatic N) is 2. The lowest BCUT2D eigenvalue weighted by atomic mass is 10.0. The van der Waals surface area contributed by atoms with Crippen LogP contribution in [0.3, 0.4) is 0 Å². The van der Waals surface area contributed by atoms with Gasteiger partial charge in [0.05, 0.1) is 12.1 Å². The maximum atomic E-state index is 12.8. The highest BCUT2D eigenvalue weighted by Gasteiger charge is 2.40. The van der Waals surface area contributed by atoms with E-state index in [9.17, 15) is 9.59 Å². The van der Waals surface area contributed by atoms with Gasteiger partial charge in [0.2, 0.25) is 5.91 Å². The van der Waals surface area contributed by atoms with Gasteiger partial charge in [-0.3, -0.25) is 14.6 Å². The number of pyridine rings is 1. The summed E-state index contributed by atoms with van der Waals surface area (Å²) in [7, 11) is 1.75. The van der Waals surface area contributed by atoms with Crippen molar-refractivity contribution in [2.75, 3.05) is 7.05 Å². The summed E-state index contributed by atoms with van der Waals surface area (Å²) in [5.41, 5.74) is 2.37. The van der Waals surface area contributed by atoms with E-state index in [2.05, 4.69) is 10.3 Å². The Hall–Kier alpha value is -3.15. The van der Waals surface area contributed by atoms with Crippen molar-refractivity contribution in [1.29, 1.82) is 0 Å². The molecule has 1 saturated heterocycles. The van der Waals surface area contributed by atoms with Crippen LogP contribution in [0.1, 0.15) is 34.1 Å². The zero-order valence-corrected chi connectivity index (χ0v) is 14.6. The van der Waals surface area contributed by atoms with Gasteiger partial charge in [0.25, 0.3) is 5.91 Å². The number of hydrogen-bond donors (Lipinski definition) is 1. The summed E-state index contributed by atoms with van der Waals surface area (Å²) in [5, 5.41) is 3.90. The second-order valence-electron chi connectivity index (χ2n) is 6.57. The van der Waals surface area contributed by atoms with Crippen molar-refractivity contribution in [2.24, 2.45) is 0 Å². The highest BCUT2D eigenvalue weighted by Crippen LogP contribution is 2.32. The molecule has 0 saturated carbocycles. The summed E-state index contributed by atoms with van der Waals surface area (Å²) < 4.78 is 5.74. The molecule has 132 valence electrons. The number of likely N-dealkylation sites (N-methyl/N-ethyl adjacent to an activating group) is 1. The van der Waals surface area contributed by atoms with E-state index in [0.717, 1.165) is 16.5 Å². The predicted molar refractivity (Wildman–Crippen MR) is 96.6 cm³/mol. The fraction of sp³-hybridized carbons (Fsp3) is 0.250. The molecule has 2 atom stereocenters. The Bertz CT molecular complexity index is 980. The van der Waals surface area contributed by atoms with E-state index in [1.807, 2.05) is 43.3 Å². The van der Waals surface area contributed by atoms with Crippen molar-refractivity contribution in [3.8, 4) is 0 Å². The van der Waals surface area contributed by atoms with Gasteiger partial charge in [-0.15, -0.1) is 0 Å². The first-order chi connectivity index (χ1) is 12.6. The average Bonchev–Trinajstić information content (AvgIpc) is 3.13. The lowest BCUT2D eigenvalue weighted by Crippen LogP contribution is -2.39. The summed E-state index contributed by atoms with van der Waals surface area (Å²) in [6.07, 6.45) is 3.66. The molecule has 1 aromatic carbocycles. The van der Waals surface area contributed by atoms with E-state index in [-0.39, 0.29) is 36.1 Å². The number of benzene rings is 1. The third-order valence-electron chi connectivity index (χ3n) is 4.98. The van der Waals surface area contributed by atoms with Crippen LogP contribution in [-0.2, 0) is 4.79 Å². The topological polar surface area (TPSA) is 75.4 Å². The van der Waals surface area contributed by atoms with E-state index < -0.39 is 0 Å². The van der Waals surface area contributed by atoms with E-state index in [1.165, 1.54) is 0 Å². The molecule has 0 spiro atoms. The zero-order valence-electron chi connectivity index (χ0n) is 14.6. The fourth-order valence-corrected chi connectivity index (χ4v) is 3.63. The van der Waals surface area contributed by atoms with Crippen LogP contribution in [0.25, 0.3) is 11.0 Å². The highest BCUT2D eigenvalue weighted by atomic mass is 16.3. The fourth-order valence-electron chi connectivity index (χ4n) is 3.63. The Morgan fingerprint density at radius 1 is 1.27 bits per heavy atom. The van der Waals surface area contributed by atoms with Crippen molar-refractivity contribution in [3.05, 3.63) is 65.7 Å². The number of furan rings is 1. The molecule has 6 nitrogen and oxygen atoms in total. The Kier molecular flexibility index (Phi) is 3.95. The number of likely N-dealkylation sites (tertiary alicyclic amines) is 1. The molecular formula is C20H19N3O3. The van der Waals surface area contributed by atoms with Gasteiger partial charge >= 0.3 is 0 Å². The Morgan fingerprint density at radius 3 is 2.81 bits per heavy atom. The van der Waals surface area contributed by atoms with E-state index >= 15 is 0 Å². The van der Waals surface area contributed by atoms with Crippen LogP contribution in [0.4, 0.5) is 0 Å². The number of aryl methyl sites for hydroxylation is 1. The van der Waals surface area contributed by atoms with Crippen LogP contribution < -0.4 is 5.32 Å². The van der Waals surface area contributed by atoms with Crippen LogP contribution in [0.5, 0.6) is 0 Å². The third kappa shape index (κ3) is 2.63. The molecule has 26 heavy (non-hydrogen) atoms. The van der Waals surface area contributed by atoms with Crippen molar-refractivity contribution in [2.45, 2.75) is 25.4 Å². The second-order valence-corrected chi connectivity index (χ2v) is 6.57. The van der Waals surface area contributed by atoms with Crippen molar-refractivity contribution in [3.63, 3.8) is 0 Å². The van der Waals surface area contributed by atoms with E-state index in [0.29, 0.717) is 5.58 Å². The molecule has 0 radical (unpaired) electrons. The SMILES string of the molecule is Cc1c(C(=O)N[C@@H]2CC(=O)N(C)[C@H]2c2cccnc2)oc2ccccc12. The van der Waals surface area contributed by atoms with Crippen LogP contribution in [0, 0.1) is 6.92 Å². The number of carbonyl (C=O) groups is 2. The summed E-state index contributed by atoms with van der Waals surface area (Å²) in [6.45, 7) is 1.87. The first kappa shape index (κ1) is 16.3. The lowest BCUT2D eigenvalue weighted by Gasteiger charge is -2.25. The van der Waals surface area contributed by atoms with Gasteiger partial charge in [-0.25, -0.2) is 0 Å². The smallest absolute Gasteiger partial charge is 0.287 e. The van der Waals surface area contributed by atoms with Crippen LogP contribution >= 0.6 is 0 Å². The molecule has 0 aliphatic carbocycles. The zero-order chi connectivity index (χ0) is 18.3. The first-order valence-electron chi connectivity index (χ1n) is 8.51. The Balaban J connectivity index is 1.63. The van der Waals surface area contributed by atoms with Crippen LogP contribution in [0.2, 0.25) is 0 Å². The Morgan fingerprint density at radius 2 is 2.08 bits per heavy atom. The molecule has 1 aliphatic heterocycles. The molecule has 2 aromatic heterocycles. The van der Waals surface area contributed by atoms with Gasteiger partial charge in [0.15, 0.2) is 5.76 Å². The monoisotopic (exact) mass is 349 g/mol. The number of nitrogens with one attached hydrogen (secondary N) is 1. The number of carbonyl (C=O) groups excluding carboxylic acids is 2. The largest absolute Gasteiger partial charge is 0.451 e. The lowest BCUT2D eigenvalue weighted by molar-refractivity contribution is -0.127. The molecule has 1 fully saturated rings. The van der Waals surface area contributed by atoms with Crippen LogP contribution in [-0.4, -0.2) is 34.8 Å². The molecule has 1 N–H and O–H groups in total. The standard InChI is InChI=1S/C20H19N3O3/c1-12-14-7-3-4-8-16(14)26-19(12)20(25)22-15-10-17(24)23(2)18(15)13-6-5-9-21-11-13/h3-9,11,15,18H,10H2,1-2H3,(H,22,25)/t15-,18+/m1/s1. The number of para-hydroxylation sites is 1. The number of aromatic nitrogens is 1. The van der Waals surface area contributed by atoms with E-state index in [1.54, 1.807) is 24.3 Å². The highest BCUT2D eigenvalue weighted by molar-refractivity contribution is 5.99.